The molecule has 6 heteroatoms. The van der Waals surface area contributed by atoms with Crippen molar-refractivity contribution in [2.24, 2.45) is 0 Å². The standard InChI is InChI=1S/C7H16O2.2C2H4O2/c8-6-4-2-1-3-5-7-9;2*1-2(3)4/h8-9H,1-7H2;2*1H3,(H,3,4). The number of carboxylic acid groups (broad SMARTS) is 2. The summed E-state index contributed by atoms with van der Waals surface area (Å²) in [7, 11) is 0. The van der Waals surface area contributed by atoms with Gasteiger partial charge < -0.3 is 20.4 Å². The van der Waals surface area contributed by atoms with Crippen molar-refractivity contribution in [1.82, 2.24) is 0 Å². The summed E-state index contributed by atoms with van der Waals surface area (Å²) in [4.78, 5) is 18.0. The van der Waals surface area contributed by atoms with Gasteiger partial charge in [-0.3, -0.25) is 9.59 Å². The Kier molecular flexibility index (Phi) is 25.3. The Morgan fingerprint density at radius 3 is 1.06 bits per heavy atom. The first-order valence-electron chi connectivity index (χ1n) is 5.49. The lowest BCUT2D eigenvalue weighted by molar-refractivity contribution is -0.135. The minimum atomic E-state index is -0.833. The summed E-state index contributed by atoms with van der Waals surface area (Å²) in [5, 5.41) is 31.6. The Bertz CT molecular complexity index is 143. The van der Waals surface area contributed by atoms with E-state index in [-0.39, 0.29) is 0 Å². The van der Waals surface area contributed by atoms with Gasteiger partial charge >= 0.3 is 0 Å². The van der Waals surface area contributed by atoms with Gasteiger partial charge in [0.2, 0.25) is 0 Å². The van der Waals surface area contributed by atoms with Gasteiger partial charge in [0.1, 0.15) is 0 Å². The van der Waals surface area contributed by atoms with E-state index in [9.17, 15) is 0 Å². The number of carbonyl (C=O) groups is 2. The molecule has 0 amide bonds. The minimum absolute atomic E-state index is 0.305. The summed E-state index contributed by atoms with van der Waals surface area (Å²) >= 11 is 0. The van der Waals surface area contributed by atoms with Gasteiger partial charge in [0, 0.05) is 27.1 Å². The van der Waals surface area contributed by atoms with Crippen LogP contribution >= 0.6 is 0 Å². The van der Waals surface area contributed by atoms with Gasteiger partial charge in [-0.05, 0) is 12.8 Å². The first kappa shape index (κ1) is 21.2. The summed E-state index contributed by atoms with van der Waals surface area (Å²) in [5.74, 6) is -1.67. The van der Waals surface area contributed by atoms with E-state index < -0.39 is 11.9 Å². The van der Waals surface area contributed by atoms with Gasteiger partial charge in [0.25, 0.3) is 11.9 Å². The zero-order chi connectivity index (χ0) is 14.1. The molecule has 0 aromatic carbocycles. The molecule has 0 unspecified atom stereocenters. The lowest BCUT2D eigenvalue weighted by Crippen LogP contribution is -1.85. The SMILES string of the molecule is CC(=O)O.CC(=O)O.OCCCCCCCO. The maximum absolute atomic E-state index is 9.00. The van der Waals surface area contributed by atoms with Crippen molar-refractivity contribution in [3.8, 4) is 0 Å². The highest BCUT2D eigenvalue weighted by Crippen LogP contribution is 2.00. The summed E-state index contributed by atoms with van der Waals surface area (Å²) in [6.45, 7) is 2.78. The number of aliphatic carboxylic acids is 2. The minimum Gasteiger partial charge on any atom is -0.481 e. The van der Waals surface area contributed by atoms with Gasteiger partial charge in [-0.2, -0.15) is 0 Å². The normalized spacial score (nSPS) is 8.24. The molecule has 0 aromatic heterocycles. The van der Waals surface area contributed by atoms with E-state index in [1.54, 1.807) is 0 Å². The molecule has 0 saturated carbocycles. The van der Waals surface area contributed by atoms with E-state index in [2.05, 4.69) is 0 Å². The van der Waals surface area contributed by atoms with Crippen LogP contribution in [0.4, 0.5) is 0 Å². The smallest absolute Gasteiger partial charge is 0.300 e. The lowest BCUT2D eigenvalue weighted by Gasteiger charge is -1.95. The molecule has 0 radical (unpaired) electrons. The van der Waals surface area contributed by atoms with Gasteiger partial charge in [0.15, 0.2) is 0 Å². The topological polar surface area (TPSA) is 115 Å². The highest BCUT2D eigenvalue weighted by Gasteiger charge is 1.86. The molecule has 0 aliphatic carbocycles. The van der Waals surface area contributed by atoms with Crippen molar-refractivity contribution in [3.63, 3.8) is 0 Å². The van der Waals surface area contributed by atoms with Crippen LogP contribution in [0, 0.1) is 0 Å². The molecular formula is C11H24O6. The van der Waals surface area contributed by atoms with Crippen LogP contribution in [0.3, 0.4) is 0 Å². The van der Waals surface area contributed by atoms with Crippen LogP contribution in [0.5, 0.6) is 0 Å². The van der Waals surface area contributed by atoms with Crippen LogP contribution < -0.4 is 0 Å². The van der Waals surface area contributed by atoms with E-state index >= 15 is 0 Å². The van der Waals surface area contributed by atoms with Crippen LogP contribution in [0.15, 0.2) is 0 Å². The van der Waals surface area contributed by atoms with E-state index in [4.69, 9.17) is 30.0 Å². The molecule has 6 nitrogen and oxygen atoms in total. The quantitative estimate of drug-likeness (QED) is 0.526. The fourth-order valence-corrected chi connectivity index (χ4v) is 0.754. The second-order valence-electron chi connectivity index (χ2n) is 3.25. The van der Waals surface area contributed by atoms with E-state index in [0.717, 1.165) is 46.0 Å². The average Bonchev–Trinajstić information content (AvgIpc) is 2.16. The van der Waals surface area contributed by atoms with Gasteiger partial charge in [0.05, 0.1) is 0 Å². The van der Waals surface area contributed by atoms with Crippen LogP contribution in [0.2, 0.25) is 0 Å². The van der Waals surface area contributed by atoms with Crippen molar-refractivity contribution >= 4 is 11.9 Å². The number of unbranched alkanes of at least 4 members (excludes halogenated alkanes) is 4. The molecule has 0 heterocycles. The predicted octanol–water partition coefficient (Wildman–Crippen LogP) is 1.10. The molecule has 0 fully saturated rings. The van der Waals surface area contributed by atoms with Gasteiger partial charge in [-0.25, -0.2) is 0 Å². The molecule has 0 aliphatic heterocycles. The number of aliphatic hydroxyl groups excluding tert-OH is 2. The zero-order valence-electron chi connectivity index (χ0n) is 10.6. The molecule has 0 aromatic rings. The van der Waals surface area contributed by atoms with Crippen molar-refractivity contribution in [2.75, 3.05) is 13.2 Å². The van der Waals surface area contributed by atoms with E-state index in [0.29, 0.717) is 13.2 Å². The van der Waals surface area contributed by atoms with Crippen molar-refractivity contribution < 1.29 is 30.0 Å². The number of hydrogen-bond acceptors (Lipinski definition) is 4. The number of hydrogen-bond donors (Lipinski definition) is 4. The van der Waals surface area contributed by atoms with Crippen LogP contribution in [-0.2, 0) is 9.59 Å². The summed E-state index contributed by atoms with van der Waals surface area (Å²) < 4.78 is 0. The zero-order valence-corrected chi connectivity index (χ0v) is 10.6. The first-order chi connectivity index (χ1) is 7.88. The molecule has 0 saturated heterocycles. The summed E-state index contributed by atoms with van der Waals surface area (Å²) in [6.07, 6.45) is 5.14. The Morgan fingerprint density at radius 1 is 0.706 bits per heavy atom. The third-order valence-electron chi connectivity index (χ3n) is 1.32. The van der Waals surface area contributed by atoms with Gasteiger partial charge in [-0.15, -0.1) is 0 Å². The fourth-order valence-electron chi connectivity index (χ4n) is 0.754. The molecular weight excluding hydrogens is 228 g/mol. The molecule has 17 heavy (non-hydrogen) atoms. The van der Waals surface area contributed by atoms with Gasteiger partial charge in [-0.1, -0.05) is 19.3 Å². The summed E-state index contributed by atoms with van der Waals surface area (Å²) in [6, 6.07) is 0. The third kappa shape index (κ3) is 104. The van der Waals surface area contributed by atoms with E-state index in [1.807, 2.05) is 0 Å². The van der Waals surface area contributed by atoms with Crippen LogP contribution in [0.1, 0.15) is 46.0 Å². The molecule has 0 spiro atoms. The Labute approximate surface area is 102 Å². The highest BCUT2D eigenvalue weighted by molar-refractivity contribution is 5.63. The Morgan fingerprint density at radius 2 is 0.882 bits per heavy atom. The molecule has 0 atom stereocenters. The number of carboxylic acids is 2. The van der Waals surface area contributed by atoms with Crippen molar-refractivity contribution in [2.45, 2.75) is 46.0 Å². The first-order valence-corrected chi connectivity index (χ1v) is 5.49. The van der Waals surface area contributed by atoms with Crippen molar-refractivity contribution in [1.29, 1.82) is 0 Å². The Balaban J connectivity index is -0.000000205. The maximum atomic E-state index is 9.00. The summed E-state index contributed by atoms with van der Waals surface area (Å²) in [5.41, 5.74) is 0. The van der Waals surface area contributed by atoms with Crippen LogP contribution in [-0.4, -0.2) is 45.6 Å². The predicted molar refractivity (Wildman–Crippen MR) is 63.9 cm³/mol. The van der Waals surface area contributed by atoms with Crippen molar-refractivity contribution in [3.05, 3.63) is 0 Å². The molecule has 0 bridgehead atoms. The monoisotopic (exact) mass is 252 g/mol. The number of rotatable bonds is 6. The molecule has 4 N–H and O–H groups in total. The van der Waals surface area contributed by atoms with E-state index in [1.165, 1.54) is 0 Å². The average molecular weight is 252 g/mol. The largest absolute Gasteiger partial charge is 0.481 e. The number of aliphatic hydroxyl groups is 2. The fraction of sp³-hybridized carbons (Fsp3) is 0.818. The molecule has 104 valence electrons. The van der Waals surface area contributed by atoms with Crippen LogP contribution in [0.25, 0.3) is 0 Å². The highest BCUT2D eigenvalue weighted by atomic mass is 16.4. The maximum Gasteiger partial charge on any atom is 0.300 e. The molecule has 0 rings (SSSR count). The lowest BCUT2D eigenvalue weighted by atomic mass is 10.2. The third-order valence-corrected chi connectivity index (χ3v) is 1.32. The Hall–Kier alpha value is -1.14. The second-order valence-corrected chi connectivity index (χ2v) is 3.25. The molecule has 0 aliphatic rings. The second kappa shape index (κ2) is 20.3.